The summed E-state index contributed by atoms with van der Waals surface area (Å²) in [6, 6.07) is 4.30. The lowest BCUT2D eigenvalue weighted by molar-refractivity contribution is -0.139. The Labute approximate surface area is 124 Å². The lowest BCUT2D eigenvalue weighted by atomic mass is 10.1. The van der Waals surface area contributed by atoms with Crippen LogP contribution in [0.1, 0.15) is 16.8 Å². The number of amides is 1. The molecule has 0 aliphatic heterocycles. The molecule has 0 saturated heterocycles. The molecular formula is C13H14N2O3S2. The van der Waals surface area contributed by atoms with Crippen LogP contribution in [0.3, 0.4) is 0 Å². The first-order chi connectivity index (χ1) is 9.61. The van der Waals surface area contributed by atoms with Crippen molar-refractivity contribution in [2.45, 2.75) is 12.5 Å². The smallest absolute Gasteiger partial charge is 0.326 e. The van der Waals surface area contributed by atoms with Gasteiger partial charge in [0, 0.05) is 5.56 Å². The first-order valence-corrected chi connectivity index (χ1v) is 8.25. The average molecular weight is 310 g/mol. The lowest BCUT2D eigenvalue weighted by Gasteiger charge is -2.13. The van der Waals surface area contributed by atoms with Gasteiger partial charge in [0.25, 0.3) is 5.91 Å². The third-order valence-corrected chi connectivity index (χ3v) is 4.24. The molecule has 2 N–H and O–H groups in total. The van der Waals surface area contributed by atoms with E-state index >= 15 is 0 Å². The van der Waals surface area contributed by atoms with E-state index in [-0.39, 0.29) is 5.91 Å². The number of thioether (sulfide) groups is 1. The average Bonchev–Trinajstić information content (AvgIpc) is 2.90. The molecule has 0 spiro atoms. The van der Waals surface area contributed by atoms with Gasteiger partial charge in [0.2, 0.25) is 0 Å². The van der Waals surface area contributed by atoms with Crippen LogP contribution < -0.4 is 5.32 Å². The summed E-state index contributed by atoms with van der Waals surface area (Å²) in [6.07, 6.45) is 2.31. The number of carboxylic acids is 1. The molecule has 1 atom stereocenters. The number of thiazole rings is 1. The predicted molar refractivity (Wildman–Crippen MR) is 81.5 cm³/mol. The number of carboxylic acid groups (broad SMARTS) is 1. The molecule has 106 valence electrons. The standard InChI is InChI=1S/C13H14N2O3S2/c1-19-5-4-10(13(17)18)15-12(16)8-2-3-9-11(6-8)20-7-14-9/h2-3,6-7,10H,4-5H2,1H3,(H,15,16)(H,17,18)/t10-/m0/s1. The van der Waals surface area contributed by atoms with Crippen LogP contribution in [-0.2, 0) is 4.79 Å². The van der Waals surface area contributed by atoms with Gasteiger partial charge in [-0.1, -0.05) is 0 Å². The van der Waals surface area contributed by atoms with Gasteiger partial charge in [-0.25, -0.2) is 9.78 Å². The van der Waals surface area contributed by atoms with Gasteiger partial charge in [-0.3, -0.25) is 4.79 Å². The fraction of sp³-hybridized carbons (Fsp3) is 0.308. The topological polar surface area (TPSA) is 79.3 Å². The third kappa shape index (κ3) is 3.49. The Morgan fingerprint density at radius 3 is 3.00 bits per heavy atom. The van der Waals surface area contributed by atoms with E-state index < -0.39 is 12.0 Å². The van der Waals surface area contributed by atoms with Gasteiger partial charge in [-0.05, 0) is 36.6 Å². The maximum atomic E-state index is 12.1. The zero-order valence-corrected chi connectivity index (χ0v) is 12.5. The molecule has 1 aromatic heterocycles. The molecule has 0 fully saturated rings. The van der Waals surface area contributed by atoms with Crippen molar-refractivity contribution in [2.24, 2.45) is 0 Å². The Morgan fingerprint density at radius 1 is 1.50 bits per heavy atom. The molecular weight excluding hydrogens is 296 g/mol. The van der Waals surface area contributed by atoms with Crippen LogP contribution in [0.5, 0.6) is 0 Å². The Morgan fingerprint density at radius 2 is 2.30 bits per heavy atom. The highest BCUT2D eigenvalue weighted by Crippen LogP contribution is 2.19. The van der Waals surface area contributed by atoms with Gasteiger partial charge < -0.3 is 10.4 Å². The van der Waals surface area contributed by atoms with Crippen molar-refractivity contribution < 1.29 is 14.7 Å². The van der Waals surface area contributed by atoms with Gasteiger partial charge in [-0.15, -0.1) is 11.3 Å². The molecule has 0 aliphatic rings. The van der Waals surface area contributed by atoms with Crippen LogP contribution >= 0.6 is 23.1 Å². The second-order valence-electron chi connectivity index (χ2n) is 4.18. The number of nitrogens with zero attached hydrogens (tertiary/aromatic N) is 1. The summed E-state index contributed by atoms with van der Waals surface area (Å²) >= 11 is 3.00. The van der Waals surface area contributed by atoms with Gasteiger partial charge in [-0.2, -0.15) is 11.8 Å². The number of aromatic nitrogens is 1. The molecule has 20 heavy (non-hydrogen) atoms. The SMILES string of the molecule is CSCC[C@H](NC(=O)c1ccc2ncsc2c1)C(=O)O. The van der Waals surface area contributed by atoms with E-state index in [1.807, 2.05) is 6.26 Å². The van der Waals surface area contributed by atoms with E-state index in [1.165, 1.54) is 11.3 Å². The van der Waals surface area contributed by atoms with Gasteiger partial charge in [0.15, 0.2) is 0 Å². The minimum Gasteiger partial charge on any atom is -0.480 e. The second kappa shape index (κ2) is 6.71. The monoisotopic (exact) mass is 310 g/mol. The van der Waals surface area contributed by atoms with Crippen LogP contribution in [0.25, 0.3) is 10.2 Å². The van der Waals surface area contributed by atoms with Crippen LogP contribution in [0.15, 0.2) is 23.7 Å². The molecule has 0 bridgehead atoms. The van der Waals surface area contributed by atoms with Crippen molar-refractivity contribution in [3.63, 3.8) is 0 Å². The minimum atomic E-state index is -1.01. The first-order valence-electron chi connectivity index (χ1n) is 5.97. The molecule has 0 aliphatic carbocycles. The zero-order chi connectivity index (χ0) is 14.5. The largest absolute Gasteiger partial charge is 0.480 e. The summed E-state index contributed by atoms with van der Waals surface area (Å²) in [7, 11) is 0. The van der Waals surface area contributed by atoms with Crippen molar-refractivity contribution in [2.75, 3.05) is 12.0 Å². The summed E-state index contributed by atoms with van der Waals surface area (Å²) in [6.45, 7) is 0. The molecule has 0 saturated carbocycles. The maximum Gasteiger partial charge on any atom is 0.326 e. The predicted octanol–water partition coefficient (Wildman–Crippen LogP) is 2.23. The van der Waals surface area contributed by atoms with E-state index in [2.05, 4.69) is 10.3 Å². The highest BCUT2D eigenvalue weighted by Gasteiger charge is 2.20. The Balaban J connectivity index is 2.10. The Hall–Kier alpha value is -1.60. The Kier molecular flexibility index (Phi) is 4.97. The van der Waals surface area contributed by atoms with Crippen LogP contribution in [0.2, 0.25) is 0 Å². The highest BCUT2D eigenvalue weighted by molar-refractivity contribution is 7.98. The zero-order valence-electron chi connectivity index (χ0n) is 10.8. The third-order valence-electron chi connectivity index (χ3n) is 2.81. The summed E-state index contributed by atoms with van der Waals surface area (Å²) in [4.78, 5) is 27.3. The number of hydrogen-bond acceptors (Lipinski definition) is 5. The second-order valence-corrected chi connectivity index (χ2v) is 6.05. The van der Waals surface area contributed by atoms with Crippen molar-refractivity contribution in [1.82, 2.24) is 10.3 Å². The molecule has 7 heteroatoms. The van der Waals surface area contributed by atoms with Crippen LogP contribution in [-0.4, -0.2) is 40.0 Å². The Bertz CT molecular complexity index is 627. The van der Waals surface area contributed by atoms with Gasteiger partial charge in [0.1, 0.15) is 6.04 Å². The van der Waals surface area contributed by atoms with E-state index in [9.17, 15) is 9.59 Å². The fourth-order valence-corrected chi connectivity index (χ4v) is 2.92. The molecule has 1 amide bonds. The van der Waals surface area contributed by atoms with Crippen LogP contribution in [0, 0.1) is 0 Å². The minimum absolute atomic E-state index is 0.367. The molecule has 2 rings (SSSR count). The number of rotatable bonds is 6. The van der Waals surface area contributed by atoms with E-state index in [0.717, 1.165) is 10.2 Å². The quantitative estimate of drug-likeness (QED) is 0.855. The molecule has 5 nitrogen and oxygen atoms in total. The number of aliphatic carboxylic acids is 1. The lowest BCUT2D eigenvalue weighted by Crippen LogP contribution is -2.41. The number of hydrogen-bond donors (Lipinski definition) is 2. The summed E-state index contributed by atoms with van der Waals surface area (Å²) < 4.78 is 0.911. The number of nitrogens with one attached hydrogen (secondary N) is 1. The van der Waals surface area contributed by atoms with Crippen molar-refractivity contribution >= 4 is 45.2 Å². The summed E-state index contributed by atoms with van der Waals surface area (Å²) in [5.74, 6) is -0.689. The van der Waals surface area contributed by atoms with E-state index in [1.54, 1.807) is 35.5 Å². The van der Waals surface area contributed by atoms with Gasteiger partial charge in [0.05, 0.1) is 15.7 Å². The first kappa shape index (κ1) is 14.8. The normalized spacial score (nSPS) is 12.2. The molecule has 0 radical (unpaired) electrons. The van der Waals surface area contributed by atoms with Crippen molar-refractivity contribution in [1.29, 1.82) is 0 Å². The number of carbonyl (C=O) groups excluding carboxylic acids is 1. The molecule has 2 aromatic rings. The highest BCUT2D eigenvalue weighted by atomic mass is 32.2. The number of fused-ring (bicyclic) bond motifs is 1. The fourth-order valence-electron chi connectivity index (χ4n) is 1.73. The van der Waals surface area contributed by atoms with E-state index in [0.29, 0.717) is 17.7 Å². The van der Waals surface area contributed by atoms with Crippen molar-refractivity contribution in [3.05, 3.63) is 29.3 Å². The van der Waals surface area contributed by atoms with Crippen molar-refractivity contribution in [3.8, 4) is 0 Å². The van der Waals surface area contributed by atoms with E-state index in [4.69, 9.17) is 5.11 Å². The molecule has 1 heterocycles. The number of benzene rings is 1. The maximum absolute atomic E-state index is 12.1. The molecule has 1 aromatic carbocycles. The summed E-state index contributed by atoms with van der Waals surface area (Å²) in [5, 5.41) is 11.7. The van der Waals surface area contributed by atoms with Gasteiger partial charge >= 0.3 is 5.97 Å². The van der Waals surface area contributed by atoms with Crippen LogP contribution in [0.4, 0.5) is 0 Å². The number of carbonyl (C=O) groups is 2. The molecule has 0 unspecified atom stereocenters. The summed E-state index contributed by atoms with van der Waals surface area (Å²) in [5.41, 5.74) is 3.01.